The van der Waals surface area contributed by atoms with Gasteiger partial charge in [-0.2, -0.15) is 0 Å². The third-order valence-corrected chi connectivity index (χ3v) is 11.5. The standard InChI is InChI=1S/C41H33ClN2O7/c1-22(45)23-14-16-26(17-15-23)43-37(47)29-19-18-28-31(34(29)39(43)49)21-32-38(48)44(27-11-6-10-25(42)20-27)40(50)41(32,24-8-4-3-5-9-24)35(28)30-12-7-13-33(51-2)36(30)46/h3-18,20,29,31-32,34-35,46H,19,21H2,1-2H3. The maximum absolute atomic E-state index is 15.3. The lowest BCUT2D eigenvalue weighted by atomic mass is 9.49. The van der Waals surface area contributed by atoms with Gasteiger partial charge in [0.05, 0.1) is 41.7 Å². The van der Waals surface area contributed by atoms with E-state index in [-0.39, 0.29) is 36.0 Å². The number of phenols is 1. The minimum Gasteiger partial charge on any atom is -0.504 e. The fourth-order valence-electron chi connectivity index (χ4n) is 9.12. The third kappa shape index (κ3) is 4.64. The Morgan fingerprint density at radius 3 is 2.24 bits per heavy atom. The molecule has 1 saturated carbocycles. The fourth-order valence-corrected chi connectivity index (χ4v) is 9.31. The average Bonchev–Trinajstić information content (AvgIpc) is 3.53. The van der Waals surface area contributed by atoms with Crippen LogP contribution in [0.1, 0.15) is 47.2 Å². The number of ether oxygens (including phenoxy) is 1. The van der Waals surface area contributed by atoms with E-state index < -0.39 is 52.7 Å². The van der Waals surface area contributed by atoms with Crippen molar-refractivity contribution in [1.29, 1.82) is 0 Å². The molecule has 1 N–H and O–H groups in total. The Morgan fingerprint density at radius 2 is 1.55 bits per heavy atom. The second-order valence-corrected chi connectivity index (χ2v) is 14.0. The van der Waals surface area contributed by atoms with Crippen molar-refractivity contribution in [3.8, 4) is 11.5 Å². The lowest BCUT2D eigenvalue weighted by molar-refractivity contribution is -0.127. The van der Waals surface area contributed by atoms with Crippen molar-refractivity contribution < 1.29 is 33.8 Å². The normalized spacial score (nSPS) is 26.8. The summed E-state index contributed by atoms with van der Waals surface area (Å²) in [6, 6.07) is 27.1. The van der Waals surface area contributed by atoms with Crippen LogP contribution >= 0.6 is 11.6 Å². The smallest absolute Gasteiger partial charge is 0.246 e. The molecule has 0 radical (unpaired) electrons. The molecular formula is C41H33ClN2O7. The Labute approximate surface area is 299 Å². The van der Waals surface area contributed by atoms with Gasteiger partial charge in [0, 0.05) is 22.1 Å². The summed E-state index contributed by atoms with van der Waals surface area (Å²) in [7, 11) is 1.44. The minimum absolute atomic E-state index is 0.112. The first kappa shape index (κ1) is 32.7. The number of hydrogen-bond donors (Lipinski definition) is 1. The lowest BCUT2D eigenvalue weighted by Crippen LogP contribution is -2.53. The van der Waals surface area contributed by atoms with Gasteiger partial charge in [-0.15, -0.1) is 0 Å². The lowest BCUT2D eigenvalue weighted by Gasteiger charge is -2.50. The minimum atomic E-state index is -1.53. The number of nitrogens with zero attached hydrogens (tertiary/aromatic N) is 2. The molecular weight excluding hydrogens is 668 g/mol. The SMILES string of the molecule is COc1cccc(C2C3=CCC4C(=O)N(c5ccc(C(C)=O)cc5)C(=O)C4C3CC3C(=O)N(c4cccc(Cl)c4)C(=O)C32c2ccccc2)c1O. The van der Waals surface area contributed by atoms with E-state index in [1.807, 2.05) is 36.4 Å². The molecule has 8 rings (SSSR count). The summed E-state index contributed by atoms with van der Waals surface area (Å²) in [5.74, 6) is -5.82. The van der Waals surface area contributed by atoms with Gasteiger partial charge in [0.15, 0.2) is 17.3 Å². The predicted molar refractivity (Wildman–Crippen MR) is 190 cm³/mol. The number of aromatic hydroxyl groups is 1. The first-order valence-corrected chi connectivity index (χ1v) is 17.2. The molecule has 3 fully saturated rings. The molecule has 4 aromatic carbocycles. The fraction of sp³-hybridized carbons (Fsp3) is 0.244. The van der Waals surface area contributed by atoms with E-state index in [2.05, 4.69) is 0 Å². The molecule has 0 bridgehead atoms. The van der Waals surface area contributed by atoms with Crippen molar-refractivity contribution in [1.82, 2.24) is 0 Å². The Kier molecular flexibility index (Phi) is 7.72. The summed E-state index contributed by atoms with van der Waals surface area (Å²) in [5.41, 5.74) is 1.28. The van der Waals surface area contributed by atoms with Crippen LogP contribution in [0.5, 0.6) is 11.5 Å². The molecule has 2 saturated heterocycles. The van der Waals surface area contributed by atoms with Crippen molar-refractivity contribution >= 4 is 52.4 Å². The summed E-state index contributed by atoms with van der Waals surface area (Å²) in [5, 5.41) is 12.1. The molecule has 9 nitrogen and oxygen atoms in total. The van der Waals surface area contributed by atoms with E-state index in [9.17, 15) is 24.3 Å². The van der Waals surface area contributed by atoms with Gasteiger partial charge in [0.25, 0.3) is 0 Å². The number of amides is 4. The van der Waals surface area contributed by atoms with E-state index in [1.165, 1.54) is 23.8 Å². The molecule has 51 heavy (non-hydrogen) atoms. The highest BCUT2D eigenvalue weighted by molar-refractivity contribution is 6.32. The van der Waals surface area contributed by atoms with Gasteiger partial charge in [0.1, 0.15) is 0 Å². The molecule has 6 atom stereocenters. The number of carbonyl (C=O) groups is 5. The third-order valence-electron chi connectivity index (χ3n) is 11.3. The number of allylic oxidation sites excluding steroid dienone is 2. The van der Waals surface area contributed by atoms with Crippen molar-refractivity contribution in [3.05, 3.63) is 130 Å². The van der Waals surface area contributed by atoms with Crippen LogP contribution in [-0.4, -0.2) is 41.6 Å². The number of fused-ring (bicyclic) bond motifs is 4. The van der Waals surface area contributed by atoms with Gasteiger partial charge in [-0.25, -0.2) is 4.90 Å². The maximum Gasteiger partial charge on any atom is 0.246 e. The van der Waals surface area contributed by atoms with E-state index in [0.29, 0.717) is 38.7 Å². The number of ketones is 1. The number of anilines is 2. The molecule has 2 aliphatic heterocycles. The average molecular weight is 701 g/mol. The number of hydrogen-bond acceptors (Lipinski definition) is 7. The first-order chi connectivity index (χ1) is 24.6. The maximum atomic E-state index is 15.3. The number of methoxy groups -OCH3 is 1. The van der Waals surface area contributed by atoms with Crippen LogP contribution in [0.4, 0.5) is 11.4 Å². The topological polar surface area (TPSA) is 121 Å². The first-order valence-electron chi connectivity index (χ1n) is 16.8. The molecule has 0 spiro atoms. The van der Waals surface area contributed by atoms with Crippen molar-refractivity contribution in [2.75, 3.05) is 16.9 Å². The monoisotopic (exact) mass is 700 g/mol. The molecule has 2 heterocycles. The molecule has 6 unspecified atom stereocenters. The number of carbonyl (C=O) groups excluding carboxylic acids is 5. The molecule has 4 aliphatic rings. The van der Waals surface area contributed by atoms with Gasteiger partial charge in [-0.1, -0.05) is 71.8 Å². The Morgan fingerprint density at radius 1 is 0.824 bits per heavy atom. The number of benzene rings is 4. The zero-order valence-electron chi connectivity index (χ0n) is 27.8. The van der Waals surface area contributed by atoms with Crippen LogP contribution < -0.4 is 14.5 Å². The molecule has 4 amide bonds. The van der Waals surface area contributed by atoms with Gasteiger partial charge in [-0.05, 0) is 79.8 Å². The second-order valence-electron chi connectivity index (χ2n) is 13.6. The van der Waals surface area contributed by atoms with Gasteiger partial charge >= 0.3 is 0 Å². The largest absolute Gasteiger partial charge is 0.504 e. The highest BCUT2D eigenvalue weighted by atomic mass is 35.5. The number of imide groups is 2. The van der Waals surface area contributed by atoms with Gasteiger partial charge in [0.2, 0.25) is 23.6 Å². The Balaban J connectivity index is 1.34. The van der Waals surface area contributed by atoms with Crippen molar-refractivity contribution in [2.45, 2.75) is 31.1 Å². The molecule has 2 aliphatic carbocycles. The number of para-hydroxylation sites is 1. The highest BCUT2D eigenvalue weighted by Gasteiger charge is 2.70. The predicted octanol–water partition coefficient (Wildman–Crippen LogP) is 6.62. The van der Waals surface area contributed by atoms with E-state index >= 15 is 4.79 Å². The quantitative estimate of drug-likeness (QED) is 0.136. The van der Waals surface area contributed by atoms with Gasteiger partial charge in [-0.3, -0.25) is 28.9 Å². The van der Waals surface area contributed by atoms with Crippen LogP contribution in [0.2, 0.25) is 5.02 Å². The Bertz CT molecular complexity index is 2180. The molecule has 10 heteroatoms. The molecule has 4 aromatic rings. The Hall–Kier alpha value is -5.54. The van der Waals surface area contributed by atoms with Crippen molar-refractivity contribution in [3.63, 3.8) is 0 Å². The second kappa shape index (κ2) is 12.1. The summed E-state index contributed by atoms with van der Waals surface area (Å²) < 4.78 is 5.53. The zero-order valence-corrected chi connectivity index (χ0v) is 28.5. The summed E-state index contributed by atoms with van der Waals surface area (Å²) in [4.78, 5) is 73.1. The number of phenolic OH excluding ortho intramolecular Hbond substituents is 1. The molecule has 256 valence electrons. The van der Waals surface area contributed by atoms with E-state index in [0.717, 1.165) is 0 Å². The molecule has 0 aromatic heterocycles. The van der Waals surface area contributed by atoms with E-state index in [1.54, 1.807) is 66.7 Å². The van der Waals surface area contributed by atoms with Crippen LogP contribution in [-0.2, 0) is 24.6 Å². The highest BCUT2D eigenvalue weighted by Crippen LogP contribution is 2.65. The van der Waals surface area contributed by atoms with Crippen LogP contribution in [0, 0.1) is 23.7 Å². The number of Topliss-reactive ketones (excluding diaryl/α,β-unsaturated/α-hetero) is 1. The van der Waals surface area contributed by atoms with E-state index in [4.69, 9.17) is 16.3 Å². The summed E-state index contributed by atoms with van der Waals surface area (Å²) >= 11 is 6.38. The summed E-state index contributed by atoms with van der Waals surface area (Å²) in [6.07, 6.45) is 2.27. The van der Waals surface area contributed by atoms with Crippen LogP contribution in [0.15, 0.2) is 109 Å². The number of rotatable bonds is 6. The van der Waals surface area contributed by atoms with Crippen LogP contribution in [0.3, 0.4) is 0 Å². The summed E-state index contributed by atoms with van der Waals surface area (Å²) in [6.45, 7) is 1.45. The number of halogens is 1. The van der Waals surface area contributed by atoms with Crippen LogP contribution in [0.25, 0.3) is 0 Å². The van der Waals surface area contributed by atoms with Gasteiger partial charge < -0.3 is 9.84 Å². The van der Waals surface area contributed by atoms with Crippen molar-refractivity contribution in [2.24, 2.45) is 23.7 Å². The zero-order chi connectivity index (χ0) is 35.8.